The first-order valence-electron chi connectivity index (χ1n) is 9.46. The van der Waals surface area contributed by atoms with Crippen LogP contribution in [0, 0.1) is 0 Å². The van der Waals surface area contributed by atoms with Gasteiger partial charge in [0.1, 0.15) is 11.4 Å². The van der Waals surface area contributed by atoms with Crippen LogP contribution in [0.2, 0.25) is 0 Å². The Balaban J connectivity index is 1.61. The van der Waals surface area contributed by atoms with Gasteiger partial charge in [0.05, 0.1) is 18.3 Å². The molecule has 0 fully saturated rings. The zero-order chi connectivity index (χ0) is 18.8. The number of fused-ring (bicyclic) bond motifs is 1. The molecule has 1 aromatic carbocycles. The van der Waals surface area contributed by atoms with Crippen molar-refractivity contribution < 1.29 is 9.53 Å². The van der Waals surface area contributed by atoms with Crippen molar-refractivity contribution >= 4 is 5.91 Å². The zero-order valence-corrected chi connectivity index (χ0v) is 15.7. The summed E-state index contributed by atoms with van der Waals surface area (Å²) in [4.78, 5) is 15.1. The monoisotopic (exact) mass is 364 g/mol. The van der Waals surface area contributed by atoms with Gasteiger partial charge >= 0.3 is 0 Å². The highest BCUT2D eigenvalue weighted by Crippen LogP contribution is 2.32. The maximum Gasteiger partial charge on any atom is 0.272 e. The zero-order valence-electron chi connectivity index (χ0n) is 15.7. The highest BCUT2D eigenvalue weighted by molar-refractivity contribution is 5.94. The predicted octanol–water partition coefficient (Wildman–Crippen LogP) is 3.88. The summed E-state index contributed by atoms with van der Waals surface area (Å²) in [5.41, 5.74) is 3.30. The largest absolute Gasteiger partial charge is 0.493 e. The van der Waals surface area contributed by atoms with Crippen molar-refractivity contribution in [1.82, 2.24) is 19.7 Å². The first kappa shape index (κ1) is 17.4. The van der Waals surface area contributed by atoms with E-state index in [0.717, 1.165) is 30.0 Å². The topological polar surface area (TPSA) is 63.1 Å². The van der Waals surface area contributed by atoms with Crippen molar-refractivity contribution in [2.75, 3.05) is 13.2 Å². The van der Waals surface area contributed by atoms with E-state index in [0.29, 0.717) is 18.8 Å². The number of carbonyl (C=O) groups is 1. The Bertz CT molecular complexity index is 943. The Morgan fingerprint density at radius 3 is 2.89 bits per heavy atom. The second kappa shape index (κ2) is 7.31. The SMILES string of the molecule is CCOc1ccccc1-c1cc(C(=O)N2CCn3cccc3[C@@H]2CC)[nH]n1. The van der Waals surface area contributed by atoms with Crippen molar-refractivity contribution in [3.63, 3.8) is 0 Å². The first-order chi connectivity index (χ1) is 13.2. The molecule has 4 rings (SSSR count). The second-order valence-corrected chi connectivity index (χ2v) is 6.65. The maximum atomic E-state index is 13.2. The molecule has 27 heavy (non-hydrogen) atoms. The summed E-state index contributed by atoms with van der Waals surface area (Å²) in [6.45, 7) is 6.16. The molecular weight excluding hydrogens is 340 g/mol. The van der Waals surface area contributed by atoms with E-state index in [9.17, 15) is 4.79 Å². The third-order valence-corrected chi connectivity index (χ3v) is 5.08. The molecule has 0 bridgehead atoms. The number of amides is 1. The molecule has 0 spiro atoms. The number of rotatable bonds is 5. The summed E-state index contributed by atoms with van der Waals surface area (Å²) in [7, 11) is 0. The van der Waals surface area contributed by atoms with Gasteiger partial charge in [-0.3, -0.25) is 9.89 Å². The number of nitrogens with zero attached hydrogens (tertiary/aromatic N) is 3. The fourth-order valence-corrected chi connectivity index (χ4v) is 3.82. The predicted molar refractivity (Wildman–Crippen MR) is 104 cm³/mol. The van der Waals surface area contributed by atoms with E-state index in [1.165, 1.54) is 5.69 Å². The smallest absolute Gasteiger partial charge is 0.272 e. The highest BCUT2D eigenvalue weighted by Gasteiger charge is 2.31. The Kier molecular flexibility index (Phi) is 4.71. The van der Waals surface area contributed by atoms with Crippen molar-refractivity contribution in [3.05, 3.63) is 60.0 Å². The molecule has 1 amide bonds. The van der Waals surface area contributed by atoms with Gasteiger partial charge in [-0.25, -0.2) is 0 Å². The molecule has 0 aliphatic carbocycles. The Hall–Kier alpha value is -3.02. The van der Waals surface area contributed by atoms with Gasteiger partial charge in [0.2, 0.25) is 0 Å². The standard InChI is InChI=1S/C21H24N4O2/c1-3-18-19-9-7-11-24(19)12-13-25(18)21(26)17-14-16(22-23-17)15-8-5-6-10-20(15)27-4-2/h5-11,14,18H,3-4,12-13H2,1-2H3,(H,22,23)/t18-/m0/s1. The molecule has 0 unspecified atom stereocenters. The van der Waals surface area contributed by atoms with E-state index in [-0.39, 0.29) is 11.9 Å². The maximum absolute atomic E-state index is 13.2. The normalized spacial score (nSPS) is 16.2. The minimum absolute atomic E-state index is 0.0121. The first-order valence-corrected chi connectivity index (χ1v) is 9.46. The van der Waals surface area contributed by atoms with E-state index in [1.54, 1.807) is 0 Å². The number of hydrogen-bond donors (Lipinski definition) is 1. The van der Waals surface area contributed by atoms with Crippen LogP contribution < -0.4 is 4.74 Å². The number of aromatic nitrogens is 3. The molecule has 6 heteroatoms. The number of para-hydroxylation sites is 1. The third-order valence-electron chi connectivity index (χ3n) is 5.08. The van der Waals surface area contributed by atoms with E-state index in [2.05, 4.69) is 34.0 Å². The quantitative estimate of drug-likeness (QED) is 0.747. The molecule has 3 aromatic rings. The average Bonchev–Trinajstić information content (AvgIpc) is 3.37. The Morgan fingerprint density at radius 1 is 1.22 bits per heavy atom. The van der Waals surface area contributed by atoms with Crippen LogP contribution in [0.15, 0.2) is 48.7 Å². The van der Waals surface area contributed by atoms with Gasteiger partial charge in [0.25, 0.3) is 5.91 Å². The number of aromatic amines is 1. The highest BCUT2D eigenvalue weighted by atomic mass is 16.5. The minimum Gasteiger partial charge on any atom is -0.493 e. The molecule has 1 N–H and O–H groups in total. The summed E-state index contributed by atoms with van der Waals surface area (Å²) in [6.07, 6.45) is 2.96. The van der Waals surface area contributed by atoms with Gasteiger partial charge in [-0.15, -0.1) is 0 Å². The van der Waals surface area contributed by atoms with Crippen molar-refractivity contribution in [3.8, 4) is 17.0 Å². The lowest BCUT2D eigenvalue weighted by atomic mass is 10.1. The molecule has 0 radical (unpaired) electrons. The van der Waals surface area contributed by atoms with E-state index >= 15 is 0 Å². The van der Waals surface area contributed by atoms with E-state index in [1.807, 2.05) is 48.2 Å². The molecule has 1 atom stereocenters. The average molecular weight is 364 g/mol. The van der Waals surface area contributed by atoms with Gasteiger partial charge in [-0.2, -0.15) is 5.10 Å². The molecule has 3 heterocycles. The van der Waals surface area contributed by atoms with Gasteiger partial charge in [0.15, 0.2) is 0 Å². The molecule has 0 saturated heterocycles. The van der Waals surface area contributed by atoms with E-state index < -0.39 is 0 Å². The Morgan fingerprint density at radius 2 is 2.07 bits per heavy atom. The molecule has 6 nitrogen and oxygen atoms in total. The van der Waals surface area contributed by atoms with Gasteiger partial charge in [-0.1, -0.05) is 19.1 Å². The fourth-order valence-electron chi connectivity index (χ4n) is 3.82. The van der Waals surface area contributed by atoms with Crippen LogP contribution in [0.1, 0.15) is 42.5 Å². The van der Waals surface area contributed by atoms with Gasteiger partial charge < -0.3 is 14.2 Å². The van der Waals surface area contributed by atoms with Crippen LogP contribution in [0.4, 0.5) is 0 Å². The van der Waals surface area contributed by atoms with Crippen LogP contribution in [0.3, 0.4) is 0 Å². The molecule has 0 saturated carbocycles. The fraction of sp³-hybridized carbons (Fsp3) is 0.333. The number of carbonyl (C=O) groups excluding carboxylic acids is 1. The van der Waals surface area contributed by atoms with Crippen molar-refractivity contribution in [1.29, 1.82) is 0 Å². The summed E-state index contributed by atoms with van der Waals surface area (Å²) in [6, 6.07) is 13.8. The molecule has 140 valence electrons. The second-order valence-electron chi connectivity index (χ2n) is 6.65. The van der Waals surface area contributed by atoms with Crippen LogP contribution in [0.5, 0.6) is 5.75 Å². The molecule has 2 aromatic heterocycles. The molecule has 1 aliphatic rings. The molecular formula is C21H24N4O2. The van der Waals surface area contributed by atoms with E-state index in [4.69, 9.17) is 4.74 Å². The van der Waals surface area contributed by atoms with Crippen LogP contribution in [0.25, 0.3) is 11.3 Å². The summed E-state index contributed by atoms with van der Waals surface area (Å²) in [5.74, 6) is 0.759. The van der Waals surface area contributed by atoms with Crippen molar-refractivity contribution in [2.45, 2.75) is 32.9 Å². The lowest BCUT2D eigenvalue weighted by molar-refractivity contribution is 0.0611. The number of H-pyrrole nitrogens is 1. The van der Waals surface area contributed by atoms with Gasteiger partial charge in [0, 0.05) is 30.5 Å². The Labute approximate surface area is 158 Å². The summed E-state index contributed by atoms with van der Waals surface area (Å²) < 4.78 is 7.92. The van der Waals surface area contributed by atoms with Crippen LogP contribution in [-0.4, -0.2) is 38.7 Å². The van der Waals surface area contributed by atoms with Crippen molar-refractivity contribution in [2.24, 2.45) is 0 Å². The third kappa shape index (κ3) is 3.12. The lowest BCUT2D eigenvalue weighted by Crippen LogP contribution is -2.41. The molecule has 1 aliphatic heterocycles. The number of ether oxygens (including phenoxy) is 1. The lowest BCUT2D eigenvalue weighted by Gasteiger charge is -2.36. The number of hydrogen-bond acceptors (Lipinski definition) is 3. The van der Waals surface area contributed by atoms with Crippen LogP contribution >= 0.6 is 0 Å². The van der Waals surface area contributed by atoms with Crippen LogP contribution in [-0.2, 0) is 6.54 Å². The minimum atomic E-state index is -0.0121. The number of benzene rings is 1. The van der Waals surface area contributed by atoms with Gasteiger partial charge in [-0.05, 0) is 43.7 Å². The number of nitrogens with one attached hydrogen (secondary N) is 1. The summed E-state index contributed by atoms with van der Waals surface area (Å²) >= 11 is 0. The summed E-state index contributed by atoms with van der Waals surface area (Å²) in [5, 5.41) is 7.30.